The van der Waals surface area contributed by atoms with Gasteiger partial charge in [0, 0.05) is 17.7 Å². The number of hydrogen-bond acceptors (Lipinski definition) is 3. The van der Waals surface area contributed by atoms with E-state index in [2.05, 4.69) is 10.6 Å². The molecule has 1 heterocycles. The number of carbonyl (C=O) groups is 1. The predicted octanol–water partition coefficient (Wildman–Crippen LogP) is 2.95. The van der Waals surface area contributed by atoms with E-state index in [1.807, 2.05) is 24.3 Å². The fraction of sp³-hybridized carbons (Fsp3) is 0.588. The maximum Gasteiger partial charge on any atom is 0.227 e. The van der Waals surface area contributed by atoms with Crippen LogP contribution in [0.15, 0.2) is 24.3 Å². The van der Waals surface area contributed by atoms with Gasteiger partial charge >= 0.3 is 0 Å². The lowest BCUT2D eigenvalue weighted by Crippen LogP contribution is -2.34. The molecule has 1 aromatic rings. The Morgan fingerprint density at radius 2 is 1.90 bits per heavy atom. The first-order valence-corrected chi connectivity index (χ1v) is 8.09. The van der Waals surface area contributed by atoms with Gasteiger partial charge in [-0.15, -0.1) is 0 Å². The van der Waals surface area contributed by atoms with Crippen LogP contribution in [0.25, 0.3) is 0 Å². The van der Waals surface area contributed by atoms with Crippen molar-refractivity contribution in [3.8, 4) is 5.75 Å². The molecule has 1 amide bonds. The lowest BCUT2D eigenvalue weighted by molar-refractivity contribution is -0.120. The fourth-order valence-corrected chi connectivity index (χ4v) is 3.17. The number of piperidine rings is 1. The highest BCUT2D eigenvalue weighted by Crippen LogP contribution is 2.26. The summed E-state index contributed by atoms with van der Waals surface area (Å²) < 4.78 is 5.98. The van der Waals surface area contributed by atoms with Crippen LogP contribution in [0.2, 0.25) is 0 Å². The highest BCUT2D eigenvalue weighted by atomic mass is 16.5. The summed E-state index contributed by atoms with van der Waals surface area (Å²) in [5, 5.41) is 6.31. The third-order valence-corrected chi connectivity index (χ3v) is 4.42. The van der Waals surface area contributed by atoms with Crippen LogP contribution in [0, 0.1) is 5.92 Å². The number of amides is 1. The summed E-state index contributed by atoms with van der Waals surface area (Å²) >= 11 is 0. The molecule has 1 saturated carbocycles. The summed E-state index contributed by atoms with van der Waals surface area (Å²) in [7, 11) is 0. The van der Waals surface area contributed by atoms with Crippen molar-refractivity contribution in [3.63, 3.8) is 0 Å². The third kappa shape index (κ3) is 3.97. The number of benzene rings is 1. The summed E-state index contributed by atoms with van der Waals surface area (Å²) in [6.45, 7) is 1.87. The number of anilines is 1. The van der Waals surface area contributed by atoms with Crippen molar-refractivity contribution in [2.75, 3.05) is 18.4 Å². The monoisotopic (exact) mass is 288 g/mol. The number of ether oxygens (including phenoxy) is 1. The Kier molecular flexibility index (Phi) is 4.76. The van der Waals surface area contributed by atoms with Gasteiger partial charge in [-0.05, 0) is 63.7 Å². The molecule has 2 fully saturated rings. The van der Waals surface area contributed by atoms with E-state index in [1.54, 1.807) is 0 Å². The number of hydrogen-bond donors (Lipinski definition) is 2. The molecule has 0 radical (unpaired) electrons. The van der Waals surface area contributed by atoms with Crippen molar-refractivity contribution in [2.45, 2.75) is 44.6 Å². The number of nitrogens with one attached hydrogen (secondary N) is 2. The summed E-state index contributed by atoms with van der Waals surface area (Å²) in [5.74, 6) is 1.13. The lowest BCUT2D eigenvalue weighted by atomic mass is 9.97. The Morgan fingerprint density at radius 1 is 1.14 bits per heavy atom. The first kappa shape index (κ1) is 14.4. The number of rotatable bonds is 4. The van der Waals surface area contributed by atoms with E-state index in [4.69, 9.17) is 4.74 Å². The molecule has 0 aromatic heterocycles. The molecule has 3 rings (SSSR count). The molecular weight excluding hydrogens is 264 g/mol. The minimum Gasteiger partial charge on any atom is -0.490 e. The summed E-state index contributed by atoms with van der Waals surface area (Å²) in [5.41, 5.74) is 0.842. The Morgan fingerprint density at radius 3 is 2.67 bits per heavy atom. The lowest BCUT2D eigenvalue weighted by Gasteiger charge is -2.22. The van der Waals surface area contributed by atoms with Crippen LogP contribution in [0.4, 0.5) is 5.69 Å². The van der Waals surface area contributed by atoms with Gasteiger partial charge in [0.1, 0.15) is 5.75 Å². The zero-order valence-corrected chi connectivity index (χ0v) is 12.4. The molecule has 21 heavy (non-hydrogen) atoms. The second kappa shape index (κ2) is 6.94. The molecule has 1 aromatic carbocycles. The van der Waals surface area contributed by atoms with Crippen LogP contribution in [0.5, 0.6) is 5.75 Å². The molecule has 0 spiro atoms. The van der Waals surface area contributed by atoms with Gasteiger partial charge in [-0.1, -0.05) is 6.07 Å². The van der Waals surface area contributed by atoms with E-state index in [1.165, 1.54) is 12.8 Å². The topological polar surface area (TPSA) is 50.4 Å². The minimum absolute atomic E-state index is 0.130. The Labute approximate surface area is 126 Å². The Balaban J connectivity index is 1.58. The molecule has 1 aliphatic heterocycles. The molecule has 0 bridgehead atoms. The van der Waals surface area contributed by atoms with Gasteiger partial charge in [-0.25, -0.2) is 0 Å². The highest BCUT2D eigenvalue weighted by molar-refractivity contribution is 5.92. The van der Waals surface area contributed by atoms with E-state index in [-0.39, 0.29) is 11.8 Å². The van der Waals surface area contributed by atoms with Crippen LogP contribution < -0.4 is 15.4 Å². The molecule has 0 unspecified atom stereocenters. The van der Waals surface area contributed by atoms with Gasteiger partial charge in [-0.2, -0.15) is 0 Å². The largest absolute Gasteiger partial charge is 0.490 e. The van der Waals surface area contributed by atoms with Crippen LogP contribution >= 0.6 is 0 Å². The average molecular weight is 288 g/mol. The van der Waals surface area contributed by atoms with Gasteiger partial charge in [0.15, 0.2) is 0 Å². The standard InChI is InChI=1S/C17H24N2O2/c20-17(13-8-10-18-11-9-13)19-14-4-3-7-16(12-14)21-15-5-1-2-6-15/h3-4,7,12-13,15,18H,1-2,5-6,8-11H2,(H,19,20). The third-order valence-electron chi connectivity index (χ3n) is 4.42. The van der Waals surface area contributed by atoms with Gasteiger partial charge in [-0.3, -0.25) is 4.79 Å². The van der Waals surface area contributed by atoms with Crippen molar-refractivity contribution in [1.82, 2.24) is 5.32 Å². The molecule has 4 nitrogen and oxygen atoms in total. The van der Waals surface area contributed by atoms with Crippen LogP contribution in [0.3, 0.4) is 0 Å². The summed E-state index contributed by atoms with van der Waals surface area (Å²) in [6.07, 6.45) is 7.00. The smallest absolute Gasteiger partial charge is 0.227 e. The zero-order valence-electron chi connectivity index (χ0n) is 12.4. The molecule has 4 heteroatoms. The number of carbonyl (C=O) groups excluding carboxylic acids is 1. The van der Waals surface area contributed by atoms with Gasteiger partial charge in [0.2, 0.25) is 5.91 Å². The Bertz CT molecular complexity index is 477. The van der Waals surface area contributed by atoms with Crippen molar-refractivity contribution in [2.24, 2.45) is 5.92 Å². The van der Waals surface area contributed by atoms with E-state index in [0.29, 0.717) is 6.10 Å². The van der Waals surface area contributed by atoms with Crippen molar-refractivity contribution in [1.29, 1.82) is 0 Å². The fourth-order valence-electron chi connectivity index (χ4n) is 3.17. The normalized spacial score (nSPS) is 20.4. The predicted molar refractivity (Wildman–Crippen MR) is 83.5 cm³/mol. The Hall–Kier alpha value is -1.55. The molecule has 1 aliphatic carbocycles. The second-order valence-corrected chi connectivity index (χ2v) is 6.07. The first-order valence-electron chi connectivity index (χ1n) is 8.09. The minimum atomic E-state index is 0.130. The van der Waals surface area contributed by atoms with Gasteiger partial charge < -0.3 is 15.4 Å². The zero-order chi connectivity index (χ0) is 14.5. The maximum absolute atomic E-state index is 12.2. The maximum atomic E-state index is 12.2. The van der Waals surface area contributed by atoms with Crippen LogP contribution in [-0.4, -0.2) is 25.1 Å². The average Bonchev–Trinajstić information content (AvgIpc) is 3.01. The van der Waals surface area contributed by atoms with E-state index in [9.17, 15) is 4.79 Å². The van der Waals surface area contributed by atoms with Gasteiger partial charge in [0.25, 0.3) is 0 Å². The first-order chi connectivity index (χ1) is 10.3. The van der Waals surface area contributed by atoms with E-state index < -0.39 is 0 Å². The molecule has 1 saturated heterocycles. The van der Waals surface area contributed by atoms with Gasteiger partial charge in [0.05, 0.1) is 6.10 Å². The van der Waals surface area contributed by atoms with Crippen LogP contribution in [-0.2, 0) is 4.79 Å². The van der Waals surface area contributed by atoms with E-state index >= 15 is 0 Å². The van der Waals surface area contributed by atoms with Crippen molar-refractivity contribution >= 4 is 11.6 Å². The molecule has 2 aliphatic rings. The molecular formula is C17H24N2O2. The van der Waals surface area contributed by atoms with Crippen LogP contribution in [0.1, 0.15) is 38.5 Å². The van der Waals surface area contributed by atoms with Crippen molar-refractivity contribution < 1.29 is 9.53 Å². The van der Waals surface area contributed by atoms with E-state index in [0.717, 1.165) is 50.2 Å². The van der Waals surface area contributed by atoms with Crippen molar-refractivity contribution in [3.05, 3.63) is 24.3 Å². The summed E-state index contributed by atoms with van der Waals surface area (Å²) in [4.78, 5) is 12.2. The molecule has 2 N–H and O–H groups in total. The molecule has 114 valence electrons. The highest BCUT2D eigenvalue weighted by Gasteiger charge is 2.21. The SMILES string of the molecule is O=C(Nc1cccc(OC2CCCC2)c1)C1CCNCC1. The molecule has 0 atom stereocenters. The second-order valence-electron chi connectivity index (χ2n) is 6.07. The quantitative estimate of drug-likeness (QED) is 0.895. The summed E-state index contributed by atoms with van der Waals surface area (Å²) in [6, 6.07) is 7.79.